The van der Waals surface area contributed by atoms with E-state index in [4.69, 9.17) is 18.9 Å². The molecule has 1 fully saturated rings. The van der Waals surface area contributed by atoms with Crippen LogP contribution < -0.4 is 10.3 Å². The van der Waals surface area contributed by atoms with Gasteiger partial charge in [-0.2, -0.15) is 0 Å². The van der Waals surface area contributed by atoms with Crippen LogP contribution >= 0.6 is 0 Å². The Kier molecular flexibility index (Phi) is 6.55. The Balaban J connectivity index is 1.37. The number of rotatable bonds is 7. The molecule has 1 atom stereocenters. The quantitative estimate of drug-likeness (QED) is 0.525. The van der Waals surface area contributed by atoms with Gasteiger partial charge in [0.25, 0.3) is 5.56 Å². The molecule has 34 heavy (non-hydrogen) atoms. The number of fused-ring (bicyclic) bond motifs is 3. The lowest BCUT2D eigenvalue weighted by atomic mass is 9.92. The molecule has 3 aromatic rings. The Labute approximate surface area is 200 Å². The Morgan fingerprint density at radius 3 is 2.71 bits per heavy atom. The lowest BCUT2D eigenvalue weighted by molar-refractivity contribution is -0.141. The fourth-order valence-corrected chi connectivity index (χ4v) is 4.51. The lowest BCUT2D eigenvalue weighted by Crippen LogP contribution is -2.36. The topological polar surface area (TPSA) is 58.9 Å². The Bertz CT molecular complexity index is 1200. The summed E-state index contributed by atoms with van der Waals surface area (Å²) in [4.78, 5) is 13.0. The summed E-state index contributed by atoms with van der Waals surface area (Å²) in [6.45, 7) is 7.33. The van der Waals surface area contributed by atoms with Gasteiger partial charge in [-0.05, 0) is 61.2 Å². The highest BCUT2D eigenvalue weighted by Gasteiger charge is 2.28. The first-order valence-electron chi connectivity index (χ1n) is 11.9. The van der Waals surface area contributed by atoms with Gasteiger partial charge in [0.15, 0.2) is 0 Å². The first kappa shape index (κ1) is 22.8. The lowest BCUT2D eigenvalue weighted by Gasteiger charge is -2.31. The molecular weight excluding hydrogens is 430 g/mol. The smallest absolute Gasteiger partial charge is 0.251 e. The Morgan fingerprint density at radius 2 is 1.91 bits per heavy atom. The second-order valence-electron chi connectivity index (χ2n) is 9.35. The standard InChI is InChI=1S/C28H31NO5/c1-28(2,34-19-24-18-31-12-13-32-24)22-15-26-25-9-8-23(33-17-20-6-4-3-5-7-20)14-21(25)10-11-29(26)27(30)16-22/h3-9,14-16,24H,10-13,17-19H2,1-2H3/t24-/m0/s1. The molecule has 0 spiro atoms. The van der Waals surface area contributed by atoms with Gasteiger partial charge in [0.1, 0.15) is 18.5 Å². The number of hydrogen-bond donors (Lipinski definition) is 0. The maximum atomic E-state index is 13.0. The molecule has 0 N–H and O–H groups in total. The SMILES string of the molecule is CC(C)(OC[C@@H]1COCCO1)c1cc2n(c(=O)c1)CCc1cc(OCc3ccccc3)ccc1-2. The molecule has 2 aliphatic heterocycles. The van der Waals surface area contributed by atoms with Crippen molar-refractivity contribution in [3.63, 3.8) is 0 Å². The second kappa shape index (κ2) is 9.74. The van der Waals surface area contributed by atoms with E-state index in [1.807, 2.05) is 42.7 Å². The van der Waals surface area contributed by atoms with Gasteiger partial charge < -0.3 is 23.5 Å². The molecule has 0 unspecified atom stereocenters. The van der Waals surface area contributed by atoms with Crippen molar-refractivity contribution in [2.24, 2.45) is 0 Å². The molecule has 0 radical (unpaired) electrons. The summed E-state index contributed by atoms with van der Waals surface area (Å²) in [5.41, 5.74) is 4.53. The van der Waals surface area contributed by atoms with E-state index >= 15 is 0 Å². The molecule has 0 amide bonds. The van der Waals surface area contributed by atoms with Gasteiger partial charge in [-0.1, -0.05) is 30.3 Å². The first-order chi connectivity index (χ1) is 16.5. The fourth-order valence-electron chi connectivity index (χ4n) is 4.51. The summed E-state index contributed by atoms with van der Waals surface area (Å²) >= 11 is 0. The summed E-state index contributed by atoms with van der Waals surface area (Å²) in [5.74, 6) is 0.841. The van der Waals surface area contributed by atoms with Gasteiger partial charge in [0.05, 0.1) is 37.7 Å². The maximum Gasteiger partial charge on any atom is 0.251 e. The predicted octanol–water partition coefficient (Wildman–Crippen LogP) is 4.32. The number of pyridine rings is 1. The number of benzene rings is 2. The highest BCUT2D eigenvalue weighted by molar-refractivity contribution is 5.68. The molecule has 2 aliphatic rings. The van der Waals surface area contributed by atoms with Crippen molar-refractivity contribution < 1.29 is 18.9 Å². The average Bonchev–Trinajstić information content (AvgIpc) is 2.87. The van der Waals surface area contributed by atoms with Gasteiger partial charge in [-0.3, -0.25) is 4.79 Å². The van der Waals surface area contributed by atoms with Crippen molar-refractivity contribution in [3.8, 4) is 17.0 Å². The van der Waals surface area contributed by atoms with E-state index in [9.17, 15) is 4.79 Å². The van der Waals surface area contributed by atoms with Crippen molar-refractivity contribution in [3.05, 3.63) is 87.7 Å². The molecule has 1 aromatic heterocycles. The number of nitrogens with zero attached hydrogens (tertiary/aromatic N) is 1. The van der Waals surface area contributed by atoms with Gasteiger partial charge in [-0.15, -0.1) is 0 Å². The van der Waals surface area contributed by atoms with E-state index < -0.39 is 5.60 Å². The zero-order valence-corrected chi connectivity index (χ0v) is 19.8. The Morgan fingerprint density at radius 1 is 1.06 bits per heavy atom. The van der Waals surface area contributed by atoms with Crippen LogP contribution in [0.2, 0.25) is 0 Å². The van der Waals surface area contributed by atoms with E-state index in [1.54, 1.807) is 6.07 Å². The molecular formula is C28H31NO5. The van der Waals surface area contributed by atoms with Crippen LogP contribution in [-0.2, 0) is 39.4 Å². The zero-order chi connectivity index (χ0) is 23.5. The predicted molar refractivity (Wildman–Crippen MR) is 130 cm³/mol. The van der Waals surface area contributed by atoms with E-state index in [0.29, 0.717) is 39.6 Å². The van der Waals surface area contributed by atoms with Crippen LogP contribution in [0.5, 0.6) is 5.75 Å². The van der Waals surface area contributed by atoms with Gasteiger partial charge in [-0.25, -0.2) is 0 Å². The average molecular weight is 462 g/mol. The zero-order valence-electron chi connectivity index (χ0n) is 19.8. The molecule has 1 saturated heterocycles. The Hall–Kier alpha value is -2.93. The number of ether oxygens (including phenoxy) is 4. The minimum atomic E-state index is -0.633. The van der Waals surface area contributed by atoms with Gasteiger partial charge >= 0.3 is 0 Å². The van der Waals surface area contributed by atoms with Crippen molar-refractivity contribution in [1.82, 2.24) is 4.57 Å². The largest absolute Gasteiger partial charge is 0.489 e. The van der Waals surface area contributed by atoms with Crippen LogP contribution in [-0.4, -0.2) is 37.1 Å². The number of hydrogen-bond acceptors (Lipinski definition) is 5. The van der Waals surface area contributed by atoms with Crippen molar-refractivity contribution in [2.45, 2.75) is 45.1 Å². The molecule has 5 rings (SSSR count). The van der Waals surface area contributed by atoms with Crippen molar-refractivity contribution in [1.29, 1.82) is 0 Å². The molecule has 0 saturated carbocycles. The monoisotopic (exact) mass is 461 g/mol. The highest BCUT2D eigenvalue weighted by Crippen LogP contribution is 2.34. The van der Waals surface area contributed by atoms with Crippen LogP contribution in [0.3, 0.4) is 0 Å². The molecule has 6 heteroatoms. The number of aryl methyl sites for hydroxylation is 1. The molecule has 0 bridgehead atoms. The van der Waals surface area contributed by atoms with Crippen LogP contribution in [0.1, 0.15) is 30.5 Å². The minimum absolute atomic E-state index is 0.00326. The summed E-state index contributed by atoms with van der Waals surface area (Å²) in [5, 5.41) is 0. The van der Waals surface area contributed by atoms with E-state index in [1.165, 1.54) is 5.56 Å². The molecule has 0 aliphatic carbocycles. The third-order valence-corrected chi connectivity index (χ3v) is 6.54. The van der Waals surface area contributed by atoms with Gasteiger partial charge in [0, 0.05) is 18.2 Å². The summed E-state index contributed by atoms with van der Waals surface area (Å²) < 4.78 is 25.3. The highest BCUT2D eigenvalue weighted by atomic mass is 16.6. The van der Waals surface area contributed by atoms with Gasteiger partial charge in [0.2, 0.25) is 0 Å². The summed E-state index contributed by atoms with van der Waals surface area (Å²) in [6, 6.07) is 20.1. The second-order valence-corrected chi connectivity index (χ2v) is 9.35. The maximum absolute atomic E-state index is 13.0. The van der Waals surface area contributed by atoms with E-state index in [0.717, 1.165) is 34.6 Å². The first-order valence-corrected chi connectivity index (χ1v) is 11.9. The van der Waals surface area contributed by atoms with Crippen LogP contribution in [0, 0.1) is 0 Å². The molecule has 2 aromatic carbocycles. The minimum Gasteiger partial charge on any atom is -0.489 e. The van der Waals surface area contributed by atoms with E-state index in [-0.39, 0.29) is 11.7 Å². The summed E-state index contributed by atoms with van der Waals surface area (Å²) in [6.07, 6.45) is 0.713. The third-order valence-electron chi connectivity index (χ3n) is 6.54. The fraction of sp³-hybridized carbons (Fsp3) is 0.393. The van der Waals surface area contributed by atoms with Crippen LogP contribution in [0.25, 0.3) is 11.3 Å². The molecule has 3 heterocycles. The van der Waals surface area contributed by atoms with Crippen LogP contribution in [0.4, 0.5) is 0 Å². The third kappa shape index (κ3) is 4.94. The molecule has 6 nitrogen and oxygen atoms in total. The summed E-state index contributed by atoms with van der Waals surface area (Å²) in [7, 11) is 0. The van der Waals surface area contributed by atoms with Crippen LogP contribution in [0.15, 0.2) is 65.5 Å². The van der Waals surface area contributed by atoms with E-state index in [2.05, 4.69) is 30.3 Å². The van der Waals surface area contributed by atoms with Crippen molar-refractivity contribution in [2.75, 3.05) is 26.4 Å². The normalized spacial score (nSPS) is 17.6. The van der Waals surface area contributed by atoms with Crippen molar-refractivity contribution >= 4 is 0 Å². The molecule has 178 valence electrons. The number of aromatic nitrogens is 1.